The largest absolute Gasteiger partial charge is 0.493 e. The van der Waals surface area contributed by atoms with E-state index < -0.39 is 0 Å². The van der Waals surface area contributed by atoms with E-state index in [0.29, 0.717) is 34.9 Å². The summed E-state index contributed by atoms with van der Waals surface area (Å²) in [7, 11) is 0. The molecule has 214 valence electrons. The lowest BCUT2D eigenvalue weighted by Crippen LogP contribution is -2.52. The second-order valence-electron chi connectivity index (χ2n) is 11.3. The highest BCUT2D eigenvalue weighted by atomic mass is 35.5. The monoisotopic (exact) mass is 574 g/mol. The molecule has 1 saturated heterocycles. The van der Waals surface area contributed by atoms with Gasteiger partial charge in [0.25, 0.3) is 0 Å². The predicted molar refractivity (Wildman–Crippen MR) is 162 cm³/mol. The van der Waals surface area contributed by atoms with Crippen LogP contribution in [-0.2, 0) is 12.8 Å². The second-order valence-corrected chi connectivity index (χ2v) is 11.7. The number of benzene rings is 2. The minimum atomic E-state index is -0.247. The summed E-state index contributed by atoms with van der Waals surface area (Å²) in [5, 5.41) is 0.547. The number of ketones is 1. The number of fused-ring (bicyclic) bond motifs is 1. The first-order valence-corrected chi connectivity index (χ1v) is 15.0. The summed E-state index contributed by atoms with van der Waals surface area (Å²) in [4.78, 5) is 22.3. The Kier molecular flexibility index (Phi) is 7.89. The van der Waals surface area contributed by atoms with Crippen molar-refractivity contribution in [3.8, 4) is 5.75 Å². The third kappa shape index (κ3) is 6.05. The number of anilines is 2. The Morgan fingerprint density at radius 2 is 1.90 bits per heavy atom. The Morgan fingerprint density at radius 1 is 1.10 bits per heavy atom. The maximum Gasteiger partial charge on any atom is 0.181 e. The van der Waals surface area contributed by atoms with Crippen molar-refractivity contribution in [3.05, 3.63) is 88.6 Å². The van der Waals surface area contributed by atoms with Gasteiger partial charge in [0.1, 0.15) is 22.9 Å². The highest BCUT2D eigenvalue weighted by Crippen LogP contribution is 2.31. The number of carbonyl (C=O) groups excluding carboxylic acids is 1. The molecule has 0 spiro atoms. The van der Waals surface area contributed by atoms with Crippen LogP contribution in [0.4, 0.5) is 15.8 Å². The Balaban J connectivity index is 1.07. The maximum absolute atomic E-state index is 15.3. The minimum absolute atomic E-state index is 0.0199. The molecule has 2 aromatic carbocycles. The van der Waals surface area contributed by atoms with E-state index in [2.05, 4.69) is 33.8 Å². The third-order valence-corrected chi connectivity index (χ3v) is 8.45. The van der Waals surface area contributed by atoms with Gasteiger partial charge in [0.05, 0.1) is 23.0 Å². The van der Waals surface area contributed by atoms with Gasteiger partial charge in [-0.3, -0.25) is 9.20 Å². The van der Waals surface area contributed by atoms with Gasteiger partial charge in [0.15, 0.2) is 5.78 Å². The number of piperazine rings is 1. The zero-order valence-electron chi connectivity index (χ0n) is 23.7. The lowest BCUT2D eigenvalue weighted by atomic mass is 10.0. The smallest absolute Gasteiger partial charge is 0.181 e. The van der Waals surface area contributed by atoms with Crippen molar-refractivity contribution in [3.63, 3.8) is 0 Å². The van der Waals surface area contributed by atoms with Crippen LogP contribution in [0.3, 0.4) is 0 Å². The Bertz CT molecular complexity index is 1550. The molecule has 1 aliphatic heterocycles. The number of carbonyl (C=O) groups is 1. The zero-order valence-corrected chi connectivity index (χ0v) is 24.4. The molecule has 6 rings (SSSR count). The number of nitrogens with zero attached hydrogens (tertiary/aromatic N) is 4. The van der Waals surface area contributed by atoms with Crippen LogP contribution in [0, 0.1) is 11.7 Å². The van der Waals surface area contributed by atoms with Crippen LogP contribution in [0.1, 0.15) is 54.9 Å². The lowest BCUT2D eigenvalue weighted by Gasteiger charge is -2.42. The zero-order chi connectivity index (χ0) is 28.5. The van der Waals surface area contributed by atoms with Crippen molar-refractivity contribution in [1.29, 1.82) is 0 Å². The summed E-state index contributed by atoms with van der Waals surface area (Å²) >= 11 is 6.18. The Labute approximate surface area is 245 Å². The topological polar surface area (TPSA) is 50.1 Å². The molecule has 8 heteroatoms. The fourth-order valence-corrected chi connectivity index (χ4v) is 5.90. The highest BCUT2D eigenvalue weighted by Gasteiger charge is 2.26. The molecular formula is C33H36ClFN4O2. The number of hydrogen-bond donors (Lipinski definition) is 0. The molecule has 6 nitrogen and oxygen atoms in total. The van der Waals surface area contributed by atoms with E-state index in [9.17, 15) is 4.79 Å². The molecule has 3 heterocycles. The van der Waals surface area contributed by atoms with Crippen molar-refractivity contribution in [2.24, 2.45) is 5.92 Å². The SMILES string of the molecule is CCc1nc2ccc(Cl)cn2c1C(=O)CCc1ccc(N2CCN(c3ccc(OCC4CC4)cc3)[C@@H](C)C2)c(F)c1. The summed E-state index contributed by atoms with van der Waals surface area (Å²) in [5.41, 5.74) is 4.60. The summed E-state index contributed by atoms with van der Waals surface area (Å²) in [6, 6.07) is 17.5. The molecule has 0 unspecified atom stereocenters. The standard InChI is InChI=1S/C33H36ClFN4O2/c1-3-29-33(39-20-25(34)8-15-32(39)36-29)31(40)14-7-23-6-13-30(28(35)18-23)37-16-17-38(22(2)19-37)26-9-11-27(12-10-26)41-21-24-4-5-24/h6,8-13,15,18,20,22,24H,3-5,7,14,16-17,19,21H2,1-2H3/t22-/m0/s1. The highest BCUT2D eigenvalue weighted by molar-refractivity contribution is 6.30. The average molecular weight is 575 g/mol. The number of Topliss-reactive ketones (excluding diaryl/α,β-unsaturated/α-hetero) is 1. The van der Waals surface area contributed by atoms with E-state index >= 15 is 4.39 Å². The Hall–Kier alpha value is -3.58. The molecule has 0 amide bonds. The van der Waals surface area contributed by atoms with Gasteiger partial charge in [0.2, 0.25) is 0 Å². The number of ether oxygens (including phenoxy) is 1. The van der Waals surface area contributed by atoms with Crippen LogP contribution in [-0.4, -0.2) is 47.5 Å². The molecule has 0 N–H and O–H groups in total. The molecule has 0 radical (unpaired) electrons. The normalized spacial score (nSPS) is 17.3. The summed E-state index contributed by atoms with van der Waals surface area (Å²) in [6.45, 7) is 7.24. The van der Waals surface area contributed by atoms with Gasteiger partial charge < -0.3 is 14.5 Å². The molecule has 2 fully saturated rings. The second kappa shape index (κ2) is 11.7. The van der Waals surface area contributed by atoms with Crippen LogP contribution < -0.4 is 14.5 Å². The van der Waals surface area contributed by atoms with Crippen LogP contribution in [0.25, 0.3) is 5.65 Å². The molecule has 41 heavy (non-hydrogen) atoms. The summed E-state index contributed by atoms with van der Waals surface area (Å²) < 4.78 is 23.0. The number of halogens is 2. The van der Waals surface area contributed by atoms with Crippen molar-refractivity contribution >= 4 is 34.4 Å². The van der Waals surface area contributed by atoms with Gasteiger partial charge in [-0.2, -0.15) is 0 Å². The van der Waals surface area contributed by atoms with Crippen molar-refractivity contribution in [1.82, 2.24) is 9.38 Å². The van der Waals surface area contributed by atoms with Gasteiger partial charge in [-0.1, -0.05) is 24.6 Å². The van der Waals surface area contributed by atoms with E-state index in [1.807, 2.05) is 37.3 Å². The quantitative estimate of drug-likeness (QED) is 0.191. The van der Waals surface area contributed by atoms with Crippen LogP contribution in [0.15, 0.2) is 60.8 Å². The van der Waals surface area contributed by atoms with Crippen molar-refractivity contribution < 1.29 is 13.9 Å². The first kappa shape index (κ1) is 27.6. The molecular weight excluding hydrogens is 539 g/mol. The van der Waals surface area contributed by atoms with Gasteiger partial charge in [-0.25, -0.2) is 9.37 Å². The van der Waals surface area contributed by atoms with Crippen LogP contribution in [0.5, 0.6) is 5.75 Å². The maximum atomic E-state index is 15.3. The lowest BCUT2D eigenvalue weighted by molar-refractivity contribution is 0.0976. The molecule has 0 bridgehead atoms. The fraction of sp³-hybridized carbons (Fsp3) is 0.394. The van der Waals surface area contributed by atoms with Gasteiger partial charge in [-0.05, 0) is 92.6 Å². The number of rotatable bonds is 10. The molecule has 4 aromatic rings. The van der Waals surface area contributed by atoms with E-state index in [0.717, 1.165) is 54.9 Å². The van der Waals surface area contributed by atoms with Crippen LogP contribution >= 0.6 is 11.6 Å². The molecule has 1 aliphatic carbocycles. The fourth-order valence-electron chi connectivity index (χ4n) is 5.74. The van der Waals surface area contributed by atoms with Gasteiger partial charge in [0, 0.05) is 44.0 Å². The number of hydrogen-bond acceptors (Lipinski definition) is 5. The van der Waals surface area contributed by atoms with Crippen molar-refractivity contribution in [2.75, 3.05) is 36.0 Å². The summed E-state index contributed by atoms with van der Waals surface area (Å²) in [6.07, 6.45) is 5.66. The predicted octanol–water partition coefficient (Wildman–Crippen LogP) is 7.01. The minimum Gasteiger partial charge on any atom is -0.493 e. The summed E-state index contributed by atoms with van der Waals surface area (Å²) in [5.74, 6) is 1.39. The van der Waals surface area contributed by atoms with E-state index in [4.69, 9.17) is 16.3 Å². The number of aromatic nitrogens is 2. The number of pyridine rings is 1. The Morgan fingerprint density at radius 3 is 2.61 bits per heavy atom. The first-order chi connectivity index (χ1) is 19.9. The van der Waals surface area contributed by atoms with Crippen molar-refractivity contribution in [2.45, 2.75) is 52.0 Å². The molecule has 2 aromatic heterocycles. The van der Waals surface area contributed by atoms with E-state index in [1.54, 1.807) is 22.7 Å². The number of aryl methyl sites for hydroxylation is 2. The first-order valence-electron chi connectivity index (χ1n) is 14.6. The third-order valence-electron chi connectivity index (χ3n) is 8.23. The van der Waals surface area contributed by atoms with Gasteiger partial charge >= 0.3 is 0 Å². The molecule has 1 saturated carbocycles. The average Bonchev–Trinajstić information content (AvgIpc) is 3.74. The molecule has 1 atom stereocenters. The van der Waals surface area contributed by atoms with Gasteiger partial charge in [-0.15, -0.1) is 0 Å². The van der Waals surface area contributed by atoms with E-state index in [-0.39, 0.29) is 24.1 Å². The van der Waals surface area contributed by atoms with E-state index in [1.165, 1.54) is 12.8 Å². The van der Waals surface area contributed by atoms with Crippen LogP contribution in [0.2, 0.25) is 5.02 Å². The molecule has 2 aliphatic rings. The number of imidazole rings is 1.